The second-order valence-electron chi connectivity index (χ2n) is 9.98. The maximum Gasteiger partial charge on any atom is 0.0636 e. The third-order valence-corrected chi connectivity index (χ3v) is 6.88. The zero-order valence-electron chi connectivity index (χ0n) is 23.2. The number of benzene rings is 2. The van der Waals surface area contributed by atoms with Crippen molar-refractivity contribution in [3.8, 4) is 0 Å². The van der Waals surface area contributed by atoms with Gasteiger partial charge < -0.3 is 0 Å². The number of aliphatic imine (C=N–C) groups is 2. The van der Waals surface area contributed by atoms with Crippen molar-refractivity contribution in [2.24, 2.45) is 9.98 Å². The Morgan fingerprint density at radius 3 is 1.29 bits per heavy atom. The van der Waals surface area contributed by atoms with E-state index in [1.54, 1.807) is 0 Å². The van der Waals surface area contributed by atoms with E-state index in [1.165, 1.54) is 97.9 Å². The normalized spacial score (nSPS) is 12.1. The number of hydrogen-bond acceptors (Lipinski definition) is 2. The molecule has 0 radical (unpaired) electrons. The van der Waals surface area contributed by atoms with E-state index in [4.69, 9.17) is 9.98 Å². The van der Waals surface area contributed by atoms with Gasteiger partial charge in [0.05, 0.1) is 22.8 Å². The molecule has 0 saturated carbocycles. The molecule has 0 aromatic heterocycles. The molecule has 0 atom stereocenters. The topological polar surface area (TPSA) is 24.7 Å². The monoisotopic (exact) mass is 518 g/mol. The van der Waals surface area contributed by atoms with Crippen LogP contribution in [0.25, 0.3) is 0 Å². The summed E-state index contributed by atoms with van der Waals surface area (Å²) in [5, 5.41) is 0. The molecule has 0 spiro atoms. The molecule has 196 valence electrons. The van der Waals surface area contributed by atoms with E-state index in [-0.39, 0.29) is 16.5 Å². The van der Waals surface area contributed by atoms with Gasteiger partial charge in [0.15, 0.2) is 0 Å². The molecule has 0 aliphatic rings. The summed E-state index contributed by atoms with van der Waals surface area (Å²) >= 11 is 0. The molecule has 2 aromatic carbocycles. The molecule has 2 nitrogen and oxygen atoms in total. The van der Waals surface area contributed by atoms with Crippen molar-refractivity contribution in [3.05, 3.63) is 58.7 Å². The second kappa shape index (κ2) is 17.7. The van der Waals surface area contributed by atoms with E-state index in [0.29, 0.717) is 0 Å². The van der Waals surface area contributed by atoms with Gasteiger partial charge >= 0.3 is 0 Å². The largest absolute Gasteiger partial charge is 0.252 e. The molecule has 0 fully saturated rings. The average Bonchev–Trinajstić information content (AvgIpc) is 2.82. The Kier molecular flexibility index (Phi) is 15.8. The van der Waals surface area contributed by atoms with E-state index < -0.39 is 0 Å². The molecule has 0 aliphatic carbocycles. The predicted octanol–water partition coefficient (Wildman–Crippen LogP) is 10.5. The third-order valence-electron chi connectivity index (χ3n) is 6.88. The number of aryl methyl sites for hydroxylation is 4. The van der Waals surface area contributed by atoms with Gasteiger partial charge in [0, 0.05) is 16.5 Å². The van der Waals surface area contributed by atoms with Crippen molar-refractivity contribution in [3.63, 3.8) is 0 Å². The molecule has 0 unspecified atom stereocenters. The van der Waals surface area contributed by atoms with Crippen LogP contribution in [0.2, 0.25) is 0 Å². The van der Waals surface area contributed by atoms with E-state index >= 15 is 0 Å². The number of rotatable bonds is 15. The Hall–Kier alpha value is -1.73. The van der Waals surface area contributed by atoms with Crippen LogP contribution < -0.4 is 0 Å². The summed E-state index contributed by atoms with van der Waals surface area (Å²) in [6, 6.07) is 13.1. The van der Waals surface area contributed by atoms with Crippen LogP contribution in [0.15, 0.2) is 46.4 Å². The fourth-order valence-corrected chi connectivity index (χ4v) is 4.22. The van der Waals surface area contributed by atoms with Crippen molar-refractivity contribution in [1.82, 2.24) is 0 Å². The van der Waals surface area contributed by atoms with Gasteiger partial charge in [0.25, 0.3) is 0 Å². The fourth-order valence-electron chi connectivity index (χ4n) is 4.22. The summed E-state index contributed by atoms with van der Waals surface area (Å²) in [6.45, 7) is 13.2. The second-order valence-corrected chi connectivity index (χ2v) is 9.98. The average molecular weight is 519 g/mol. The van der Waals surface area contributed by atoms with Crippen LogP contribution in [0.3, 0.4) is 0 Å². The number of unbranched alkanes of at least 4 members (excludes halogenated alkanes) is 8. The molecule has 35 heavy (non-hydrogen) atoms. The van der Waals surface area contributed by atoms with Crippen LogP contribution in [0.5, 0.6) is 0 Å². The first-order valence-corrected chi connectivity index (χ1v) is 13.7. The molecule has 0 heterocycles. The summed E-state index contributed by atoms with van der Waals surface area (Å²) < 4.78 is 0. The standard InChI is InChI=1S/C32H48N2.Ni/c1-7-9-11-13-14-16-18-32(34-30-22-20-26(4)28(6)24-30)31(17-15-12-10-8-2)33-29-21-19-25(3)27(5)23-29;/h19-24H,7-18H2,1-6H3;. The van der Waals surface area contributed by atoms with Crippen LogP contribution in [0, 0.1) is 27.7 Å². The number of nitrogens with zero attached hydrogens (tertiary/aromatic N) is 2. The van der Waals surface area contributed by atoms with E-state index in [2.05, 4.69) is 77.9 Å². The molecule has 0 amide bonds. The minimum atomic E-state index is 0. The quantitative estimate of drug-likeness (QED) is 0.127. The van der Waals surface area contributed by atoms with Crippen LogP contribution in [0.4, 0.5) is 11.4 Å². The van der Waals surface area contributed by atoms with Gasteiger partial charge in [-0.15, -0.1) is 0 Å². The Morgan fingerprint density at radius 1 is 0.514 bits per heavy atom. The Bertz CT molecular complexity index is 943. The van der Waals surface area contributed by atoms with Gasteiger partial charge in [-0.05, 0) is 99.9 Å². The third kappa shape index (κ3) is 11.7. The van der Waals surface area contributed by atoms with E-state index in [9.17, 15) is 0 Å². The van der Waals surface area contributed by atoms with E-state index in [0.717, 1.165) is 24.2 Å². The minimum Gasteiger partial charge on any atom is -0.252 e. The van der Waals surface area contributed by atoms with Crippen LogP contribution in [-0.4, -0.2) is 11.4 Å². The summed E-state index contributed by atoms with van der Waals surface area (Å²) in [6.07, 6.45) is 14.8. The summed E-state index contributed by atoms with van der Waals surface area (Å²) in [5.74, 6) is 0. The van der Waals surface area contributed by atoms with Gasteiger partial charge in [0.2, 0.25) is 0 Å². The fraction of sp³-hybridized carbons (Fsp3) is 0.562. The van der Waals surface area contributed by atoms with Crippen LogP contribution in [-0.2, 0) is 16.5 Å². The van der Waals surface area contributed by atoms with Crippen molar-refractivity contribution in [1.29, 1.82) is 0 Å². The van der Waals surface area contributed by atoms with Crippen molar-refractivity contribution >= 4 is 22.8 Å². The van der Waals surface area contributed by atoms with Gasteiger partial charge in [-0.3, -0.25) is 9.98 Å². The van der Waals surface area contributed by atoms with E-state index in [1.807, 2.05) is 0 Å². The zero-order chi connectivity index (χ0) is 24.8. The molecule has 2 aromatic rings. The Labute approximate surface area is 226 Å². The first kappa shape index (κ1) is 31.3. The molecule has 0 aliphatic heterocycles. The van der Waals surface area contributed by atoms with Crippen molar-refractivity contribution in [2.45, 2.75) is 119 Å². The maximum absolute atomic E-state index is 5.22. The molecule has 0 N–H and O–H groups in total. The van der Waals surface area contributed by atoms with Gasteiger partial charge in [-0.1, -0.05) is 77.3 Å². The first-order chi connectivity index (χ1) is 16.4. The zero-order valence-corrected chi connectivity index (χ0v) is 24.1. The summed E-state index contributed by atoms with van der Waals surface area (Å²) in [4.78, 5) is 10.4. The van der Waals surface area contributed by atoms with Crippen molar-refractivity contribution < 1.29 is 16.5 Å². The minimum absolute atomic E-state index is 0. The first-order valence-electron chi connectivity index (χ1n) is 13.7. The maximum atomic E-state index is 5.22. The van der Waals surface area contributed by atoms with Gasteiger partial charge in [-0.2, -0.15) is 0 Å². The predicted molar refractivity (Wildman–Crippen MR) is 153 cm³/mol. The Balaban J connectivity index is 0.00000612. The molecule has 2 rings (SSSR count). The molecule has 0 bridgehead atoms. The molecule has 3 heteroatoms. The van der Waals surface area contributed by atoms with Crippen LogP contribution in [0.1, 0.15) is 113 Å². The SMILES string of the molecule is CCCCCCCCC(=Nc1ccc(C)c(C)c1)C(CCCCCC)=Nc1ccc(C)c(C)c1.[Ni]. The molecule has 0 saturated heterocycles. The van der Waals surface area contributed by atoms with Crippen molar-refractivity contribution in [2.75, 3.05) is 0 Å². The summed E-state index contributed by atoms with van der Waals surface area (Å²) in [7, 11) is 0. The van der Waals surface area contributed by atoms with Gasteiger partial charge in [0.1, 0.15) is 0 Å². The summed E-state index contributed by atoms with van der Waals surface area (Å²) in [5.41, 5.74) is 9.74. The van der Waals surface area contributed by atoms with Gasteiger partial charge in [-0.25, -0.2) is 0 Å². The molecular weight excluding hydrogens is 471 g/mol. The Morgan fingerprint density at radius 2 is 0.886 bits per heavy atom. The molecular formula is C32H48N2Ni. The van der Waals surface area contributed by atoms with Crippen LogP contribution >= 0.6 is 0 Å². The smallest absolute Gasteiger partial charge is 0.0636 e. The number of hydrogen-bond donors (Lipinski definition) is 0.